The van der Waals surface area contributed by atoms with Crippen LogP contribution in [0.4, 0.5) is 0 Å². The van der Waals surface area contributed by atoms with Gasteiger partial charge in [0.25, 0.3) is 0 Å². The van der Waals surface area contributed by atoms with Crippen molar-refractivity contribution in [2.24, 2.45) is 5.73 Å². The van der Waals surface area contributed by atoms with Gasteiger partial charge in [-0.25, -0.2) is 0 Å². The number of primary amides is 1. The molecule has 1 aliphatic carbocycles. The van der Waals surface area contributed by atoms with E-state index >= 15 is 0 Å². The van der Waals surface area contributed by atoms with Crippen LogP contribution in [0.15, 0.2) is 24.3 Å². The van der Waals surface area contributed by atoms with Gasteiger partial charge in [0.2, 0.25) is 5.91 Å². The summed E-state index contributed by atoms with van der Waals surface area (Å²) >= 11 is 0. The highest BCUT2D eigenvalue weighted by Crippen LogP contribution is 2.37. The second kappa shape index (κ2) is 7.29. The van der Waals surface area contributed by atoms with Gasteiger partial charge in [0, 0.05) is 12.5 Å². The number of rotatable bonds is 8. The van der Waals surface area contributed by atoms with Crippen LogP contribution in [-0.2, 0) is 4.79 Å². The van der Waals surface area contributed by atoms with Crippen molar-refractivity contribution in [1.29, 1.82) is 0 Å². The van der Waals surface area contributed by atoms with Gasteiger partial charge in [-0.3, -0.25) is 4.79 Å². The van der Waals surface area contributed by atoms with Crippen LogP contribution in [0.2, 0.25) is 0 Å². The number of nitrogens with two attached hydrogens (primary N) is 1. The van der Waals surface area contributed by atoms with E-state index in [-0.39, 0.29) is 5.91 Å². The van der Waals surface area contributed by atoms with E-state index in [4.69, 9.17) is 10.5 Å². The molecule has 4 heteroatoms. The van der Waals surface area contributed by atoms with Gasteiger partial charge in [0.1, 0.15) is 5.75 Å². The molecule has 110 valence electrons. The molecule has 1 aliphatic rings. The van der Waals surface area contributed by atoms with Gasteiger partial charge in [0.05, 0.1) is 7.11 Å². The minimum atomic E-state index is -0.201. The van der Waals surface area contributed by atoms with Crippen molar-refractivity contribution >= 4 is 5.91 Å². The molecular weight excluding hydrogens is 252 g/mol. The molecule has 0 spiro atoms. The monoisotopic (exact) mass is 276 g/mol. The number of carbonyl (C=O) groups excluding carboxylic acids is 1. The summed E-state index contributed by atoms with van der Waals surface area (Å²) in [6, 6.07) is 9.00. The number of ether oxygens (including phenoxy) is 1. The Balaban J connectivity index is 1.60. The minimum Gasteiger partial charge on any atom is -0.497 e. The Labute approximate surface area is 120 Å². The number of nitrogens with one attached hydrogen (secondary N) is 1. The van der Waals surface area contributed by atoms with Crippen molar-refractivity contribution < 1.29 is 9.53 Å². The van der Waals surface area contributed by atoms with Gasteiger partial charge in [-0.2, -0.15) is 0 Å². The number of benzene rings is 1. The maximum absolute atomic E-state index is 10.6. The number of hydrogen-bond donors (Lipinski definition) is 2. The zero-order valence-corrected chi connectivity index (χ0v) is 12.1. The third kappa shape index (κ3) is 4.23. The van der Waals surface area contributed by atoms with E-state index in [0.717, 1.165) is 25.1 Å². The van der Waals surface area contributed by atoms with Gasteiger partial charge in [-0.1, -0.05) is 12.1 Å². The van der Waals surface area contributed by atoms with Gasteiger partial charge in [-0.15, -0.1) is 0 Å². The highest BCUT2D eigenvalue weighted by Gasteiger charge is 2.29. The van der Waals surface area contributed by atoms with Crippen molar-refractivity contribution in [2.45, 2.75) is 44.1 Å². The third-order valence-electron chi connectivity index (χ3n) is 4.01. The molecule has 0 heterocycles. The van der Waals surface area contributed by atoms with Crippen molar-refractivity contribution in [3.63, 3.8) is 0 Å². The van der Waals surface area contributed by atoms with Gasteiger partial charge < -0.3 is 15.8 Å². The molecular formula is C16H24N2O2. The third-order valence-corrected chi connectivity index (χ3v) is 4.01. The van der Waals surface area contributed by atoms with E-state index in [2.05, 4.69) is 17.4 Å². The molecule has 0 atom stereocenters. The predicted molar refractivity (Wildman–Crippen MR) is 79.8 cm³/mol. The fraction of sp³-hybridized carbons (Fsp3) is 0.562. The number of methoxy groups -OCH3 is 1. The SMILES string of the molecule is COc1ccc(C2CC(NCCCCC(N)=O)C2)cc1. The maximum Gasteiger partial charge on any atom is 0.217 e. The predicted octanol–water partition coefficient (Wildman–Crippen LogP) is 2.19. The van der Waals surface area contributed by atoms with Crippen molar-refractivity contribution in [3.8, 4) is 5.75 Å². The molecule has 0 saturated heterocycles. The molecule has 0 aromatic heterocycles. The Kier molecular flexibility index (Phi) is 5.41. The lowest BCUT2D eigenvalue weighted by Crippen LogP contribution is -2.40. The van der Waals surface area contributed by atoms with Crippen LogP contribution in [-0.4, -0.2) is 25.6 Å². The van der Waals surface area contributed by atoms with Gasteiger partial charge in [-0.05, 0) is 55.8 Å². The Hall–Kier alpha value is -1.55. The van der Waals surface area contributed by atoms with Crippen LogP contribution in [0, 0.1) is 0 Å². The van der Waals surface area contributed by atoms with Crippen molar-refractivity contribution in [3.05, 3.63) is 29.8 Å². The number of unbranched alkanes of at least 4 members (excludes halogenated alkanes) is 1. The molecule has 1 saturated carbocycles. The lowest BCUT2D eigenvalue weighted by molar-refractivity contribution is -0.118. The van der Waals surface area contributed by atoms with E-state index in [1.165, 1.54) is 18.4 Å². The number of hydrogen-bond acceptors (Lipinski definition) is 3. The van der Waals surface area contributed by atoms with Crippen LogP contribution < -0.4 is 15.8 Å². The Morgan fingerprint density at radius 3 is 2.60 bits per heavy atom. The van der Waals surface area contributed by atoms with Crippen LogP contribution >= 0.6 is 0 Å². The Morgan fingerprint density at radius 1 is 1.30 bits per heavy atom. The maximum atomic E-state index is 10.6. The lowest BCUT2D eigenvalue weighted by Gasteiger charge is -2.36. The summed E-state index contributed by atoms with van der Waals surface area (Å²) < 4.78 is 5.17. The first-order valence-corrected chi connectivity index (χ1v) is 7.34. The lowest BCUT2D eigenvalue weighted by atomic mass is 9.76. The first-order valence-electron chi connectivity index (χ1n) is 7.34. The minimum absolute atomic E-state index is 0.201. The van der Waals surface area contributed by atoms with Crippen LogP contribution in [0.3, 0.4) is 0 Å². The molecule has 3 N–H and O–H groups in total. The Morgan fingerprint density at radius 2 is 2.00 bits per heavy atom. The normalized spacial score (nSPS) is 21.2. The second-order valence-corrected chi connectivity index (χ2v) is 5.52. The average Bonchev–Trinajstić information content (AvgIpc) is 2.40. The molecule has 0 radical (unpaired) electrons. The largest absolute Gasteiger partial charge is 0.497 e. The number of carbonyl (C=O) groups is 1. The van der Waals surface area contributed by atoms with Crippen molar-refractivity contribution in [1.82, 2.24) is 5.32 Å². The smallest absolute Gasteiger partial charge is 0.217 e. The van der Waals surface area contributed by atoms with E-state index in [0.29, 0.717) is 18.4 Å². The topological polar surface area (TPSA) is 64.3 Å². The summed E-state index contributed by atoms with van der Waals surface area (Å²) in [6.07, 6.45) is 4.80. The molecule has 1 aromatic rings. The highest BCUT2D eigenvalue weighted by atomic mass is 16.5. The van der Waals surface area contributed by atoms with Gasteiger partial charge in [0.15, 0.2) is 0 Å². The summed E-state index contributed by atoms with van der Waals surface area (Å²) in [6.45, 7) is 0.979. The quantitative estimate of drug-likeness (QED) is 0.715. The van der Waals surface area contributed by atoms with E-state index < -0.39 is 0 Å². The number of amides is 1. The molecule has 1 aromatic carbocycles. The first kappa shape index (κ1) is 14.9. The molecule has 0 unspecified atom stereocenters. The standard InChI is InChI=1S/C16H24N2O2/c1-20-15-7-5-12(6-8-15)13-10-14(11-13)18-9-3-2-4-16(17)19/h5-8,13-14,18H,2-4,9-11H2,1H3,(H2,17,19). The molecule has 4 nitrogen and oxygen atoms in total. The zero-order chi connectivity index (χ0) is 14.4. The Bertz CT molecular complexity index is 425. The van der Waals surface area contributed by atoms with Gasteiger partial charge >= 0.3 is 0 Å². The first-order chi connectivity index (χ1) is 9.69. The van der Waals surface area contributed by atoms with E-state index in [9.17, 15) is 4.79 Å². The zero-order valence-electron chi connectivity index (χ0n) is 12.1. The summed E-state index contributed by atoms with van der Waals surface area (Å²) in [5, 5.41) is 3.54. The molecule has 1 fully saturated rings. The van der Waals surface area contributed by atoms with Crippen LogP contribution in [0.5, 0.6) is 5.75 Å². The summed E-state index contributed by atoms with van der Waals surface area (Å²) in [4.78, 5) is 10.6. The molecule has 2 rings (SSSR count). The second-order valence-electron chi connectivity index (χ2n) is 5.52. The summed E-state index contributed by atoms with van der Waals surface area (Å²) in [7, 11) is 1.69. The van der Waals surface area contributed by atoms with Crippen LogP contribution in [0.25, 0.3) is 0 Å². The molecule has 0 bridgehead atoms. The summed E-state index contributed by atoms with van der Waals surface area (Å²) in [5.41, 5.74) is 6.51. The molecule has 1 amide bonds. The van der Waals surface area contributed by atoms with Crippen LogP contribution in [0.1, 0.15) is 43.6 Å². The summed E-state index contributed by atoms with van der Waals surface area (Å²) in [5.74, 6) is 1.38. The van der Waals surface area contributed by atoms with Crippen molar-refractivity contribution in [2.75, 3.05) is 13.7 Å². The molecule has 20 heavy (non-hydrogen) atoms. The van der Waals surface area contributed by atoms with E-state index in [1.54, 1.807) is 7.11 Å². The average molecular weight is 276 g/mol. The fourth-order valence-electron chi connectivity index (χ4n) is 2.66. The fourth-order valence-corrected chi connectivity index (χ4v) is 2.66. The van der Waals surface area contributed by atoms with E-state index in [1.807, 2.05) is 12.1 Å². The molecule has 0 aliphatic heterocycles. The highest BCUT2D eigenvalue weighted by molar-refractivity contribution is 5.73.